The molecule has 0 aromatic carbocycles. The molecule has 86 valence electrons. The van der Waals surface area contributed by atoms with Crippen LogP contribution in [-0.4, -0.2) is 31.3 Å². The number of hydrogen-bond donors (Lipinski definition) is 0. The first-order chi connectivity index (χ1) is 7.34. The van der Waals surface area contributed by atoms with Gasteiger partial charge in [-0.15, -0.1) is 0 Å². The van der Waals surface area contributed by atoms with Gasteiger partial charge in [-0.25, -0.2) is 0 Å². The molecule has 0 aromatic rings. The van der Waals surface area contributed by atoms with Gasteiger partial charge in [0.15, 0.2) is 6.29 Å². The zero-order chi connectivity index (χ0) is 10.5. The average molecular weight is 211 g/mol. The molecule has 1 fully saturated rings. The molecule has 0 spiro atoms. The molecule has 0 saturated carbocycles. The van der Waals surface area contributed by atoms with Gasteiger partial charge in [0, 0.05) is 12.1 Å². The Morgan fingerprint density at radius 2 is 2.00 bits per heavy atom. The minimum Gasteiger partial charge on any atom is -0.350 e. The van der Waals surface area contributed by atoms with Gasteiger partial charge in [-0.05, 0) is 32.6 Å². The largest absolute Gasteiger partial charge is 0.350 e. The SMILES string of the molecule is CC1=NC(CCC2OCCO2)CCCC1. The van der Waals surface area contributed by atoms with E-state index in [1.807, 2.05) is 0 Å². The Labute approximate surface area is 91.9 Å². The molecule has 3 heteroatoms. The normalized spacial score (nSPS) is 28.9. The van der Waals surface area contributed by atoms with Gasteiger partial charge in [0.1, 0.15) is 0 Å². The van der Waals surface area contributed by atoms with E-state index in [9.17, 15) is 0 Å². The fourth-order valence-corrected chi connectivity index (χ4v) is 2.31. The van der Waals surface area contributed by atoms with E-state index in [1.54, 1.807) is 0 Å². The summed E-state index contributed by atoms with van der Waals surface area (Å²) in [6, 6.07) is 0.514. The van der Waals surface area contributed by atoms with Gasteiger partial charge in [-0.3, -0.25) is 4.99 Å². The van der Waals surface area contributed by atoms with E-state index >= 15 is 0 Å². The van der Waals surface area contributed by atoms with Crippen molar-refractivity contribution in [3.63, 3.8) is 0 Å². The second-order valence-electron chi connectivity index (χ2n) is 4.51. The summed E-state index contributed by atoms with van der Waals surface area (Å²) in [5.74, 6) is 0. The average Bonchev–Trinajstić information content (AvgIpc) is 2.65. The maximum absolute atomic E-state index is 5.43. The molecular formula is C12H21NO2. The van der Waals surface area contributed by atoms with Crippen molar-refractivity contribution in [2.75, 3.05) is 13.2 Å². The van der Waals surface area contributed by atoms with Gasteiger partial charge in [0.25, 0.3) is 0 Å². The van der Waals surface area contributed by atoms with E-state index < -0.39 is 0 Å². The maximum atomic E-state index is 5.43. The molecule has 1 atom stereocenters. The van der Waals surface area contributed by atoms with Crippen LogP contribution in [0.3, 0.4) is 0 Å². The molecule has 3 nitrogen and oxygen atoms in total. The molecule has 0 amide bonds. The molecule has 2 rings (SSSR count). The number of ether oxygens (including phenoxy) is 2. The van der Waals surface area contributed by atoms with Crippen molar-refractivity contribution in [1.29, 1.82) is 0 Å². The summed E-state index contributed by atoms with van der Waals surface area (Å²) in [5, 5.41) is 0. The van der Waals surface area contributed by atoms with E-state index in [2.05, 4.69) is 6.92 Å². The zero-order valence-corrected chi connectivity index (χ0v) is 9.58. The van der Waals surface area contributed by atoms with Crippen molar-refractivity contribution in [2.45, 2.75) is 57.8 Å². The van der Waals surface area contributed by atoms with Crippen LogP contribution in [0, 0.1) is 0 Å². The summed E-state index contributed by atoms with van der Waals surface area (Å²) in [7, 11) is 0. The van der Waals surface area contributed by atoms with Crippen LogP contribution in [0.1, 0.15) is 45.4 Å². The first-order valence-corrected chi connectivity index (χ1v) is 6.11. The lowest BCUT2D eigenvalue weighted by molar-refractivity contribution is -0.0486. The predicted octanol–water partition coefficient (Wildman–Crippen LogP) is 2.54. The lowest BCUT2D eigenvalue weighted by Gasteiger charge is -2.13. The summed E-state index contributed by atoms with van der Waals surface area (Å²) >= 11 is 0. The Kier molecular flexibility index (Phi) is 4.15. The van der Waals surface area contributed by atoms with Crippen LogP contribution in [0.25, 0.3) is 0 Å². The molecule has 0 N–H and O–H groups in total. The van der Waals surface area contributed by atoms with Crippen LogP contribution >= 0.6 is 0 Å². The topological polar surface area (TPSA) is 30.8 Å². The van der Waals surface area contributed by atoms with E-state index in [4.69, 9.17) is 14.5 Å². The highest BCUT2D eigenvalue weighted by Gasteiger charge is 2.18. The number of hydrogen-bond acceptors (Lipinski definition) is 3. The highest BCUT2D eigenvalue weighted by molar-refractivity contribution is 5.82. The second kappa shape index (κ2) is 5.61. The Morgan fingerprint density at radius 3 is 2.80 bits per heavy atom. The van der Waals surface area contributed by atoms with Crippen molar-refractivity contribution in [1.82, 2.24) is 0 Å². The molecule has 2 heterocycles. The van der Waals surface area contributed by atoms with Crippen LogP contribution in [-0.2, 0) is 9.47 Å². The van der Waals surface area contributed by atoms with Crippen molar-refractivity contribution in [2.24, 2.45) is 4.99 Å². The number of rotatable bonds is 3. The lowest BCUT2D eigenvalue weighted by atomic mass is 10.1. The zero-order valence-electron chi connectivity index (χ0n) is 9.58. The van der Waals surface area contributed by atoms with E-state index in [0.717, 1.165) is 26.1 Å². The lowest BCUT2D eigenvalue weighted by Crippen LogP contribution is -2.13. The minimum absolute atomic E-state index is 0.0451. The fraction of sp³-hybridized carbons (Fsp3) is 0.917. The van der Waals surface area contributed by atoms with E-state index in [-0.39, 0.29) is 6.29 Å². The Hall–Kier alpha value is -0.410. The predicted molar refractivity (Wildman–Crippen MR) is 60.3 cm³/mol. The first-order valence-electron chi connectivity index (χ1n) is 6.11. The fourth-order valence-electron chi connectivity index (χ4n) is 2.31. The molecule has 1 unspecified atom stereocenters. The highest BCUT2D eigenvalue weighted by atomic mass is 16.7. The standard InChI is InChI=1S/C12H21NO2/c1-10-4-2-3-5-11(13-10)6-7-12-14-8-9-15-12/h11-12H,2-9H2,1H3. The molecule has 0 aromatic heterocycles. The third kappa shape index (κ3) is 3.58. The van der Waals surface area contributed by atoms with Crippen LogP contribution in [0.2, 0.25) is 0 Å². The Morgan fingerprint density at radius 1 is 1.20 bits per heavy atom. The van der Waals surface area contributed by atoms with Crippen molar-refractivity contribution < 1.29 is 9.47 Å². The summed E-state index contributed by atoms with van der Waals surface area (Å²) in [6.07, 6.45) is 7.21. The van der Waals surface area contributed by atoms with E-state index in [0.29, 0.717) is 6.04 Å². The Balaban J connectivity index is 1.74. The van der Waals surface area contributed by atoms with Gasteiger partial charge in [-0.1, -0.05) is 6.42 Å². The van der Waals surface area contributed by atoms with Gasteiger partial charge in [-0.2, -0.15) is 0 Å². The third-order valence-corrected chi connectivity index (χ3v) is 3.16. The molecule has 0 aliphatic carbocycles. The van der Waals surface area contributed by atoms with Crippen molar-refractivity contribution >= 4 is 5.71 Å². The first kappa shape index (κ1) is 11.1. The molecule has 15 heavy (non-hydrogen) atoms. The highest BCUT2D eigenvalue weighted by Crippen LogP contribution is 2.20. The number of aliphatic imine (C=N–C) groups is 1. The van der Waals surface area contributed by atoms with Crippen molar-refractivity contribution in [3.8, 4) is 0 Å². The van der Waals surface area contributed by atoms with Crippen LogP contribution in [0.4, 0.5) is 0 Å². The van der Waals surface area contributed by atoms with Crippen LogP contribution < -0.4 is 0 Å². The van der Waals surface area contributed by atoms with Gasteiger partial charge in [0.2, 0.25) is 0 Å². The van der Waals surface area contributed by atoms with Gasteiger partial charge in [0.05, 0.1) is 19.3 Å². The minimum atomic E-state index is 0.0451. The summed E-state index contributed by atoms with van der Waals surface area (Å²) < 4.78 is 10.9. The third-order valence-electron chi connectivity index (χ3n) is 3.16. The van der Waals surface area contributed by atoms with Crippen LogP contribution in [0.5, 0.6) is 0 Å². The number of nitrogens with zero attached hydrogens (tertiary/aromatic N) is 1. The Bertz CT molecular complexity index is 222. The van der Waals surface area contributed by atoms with Gasteiger partial charge >= 0.3 is 0 Å². The monoisotopic (exact) mass is 211 g/mol. The molecule has 0 radical (unpaired) electrons. The molecular weight excluding hydrogens is 190 g/mol. The van der Waals surface area contributed by atoms with Crippen LogP contribution in [0.15, 0.2) is 4.99 Å². The molecule has 2 aliphatic heterocycles. The smallest absolute Gasteiger partial charge is 0.157 e. The molecule has 2 aliphatic rings. The molecule has 1 saturated heterocycles. The summed E-state index contributed by atoms with van der Waals surface area (Å²) in [5.41, 5.74) is 1.32. The summed E-state index contributed by atoms with van der Waals surface area (Å²) in [4.78, 5) is 4.74. The van der Waals surface area contributed by atoms with Crippen molar-refractivity contribution in [3.05, 3.63) is 0 Å². The maximum Gasteiger partial charge on any atom is 0.157 e. The summed E-state index contributed by atoms with van der Waals surface area (Å²) in [6.45, 7) is 3.68. The molecule has 0 bridgehead atoms. The quantitative estimate of drug-likeness (QED) is 0.718. The van der Waals surface area contributed by atoms with E-state index in [1.165, 1.54) is 31.4 Å². The second-order valence-corrected chi connectivity index (χ2v) is 4.51. The van der Waals surface area contributed by atoms with Gasteiger partial charge < -0.3 is 9.47 Å².